The van der Waals surface area contributed by atoms with E-state index in [1.807, 2.05) is 0 Å². The minimum absolute atomic E-state index is 0.00964. The van der Waals surface area contributed by atoms with Gasteiger partial charge in [-0.2, -0.15) is 0 Å². The van der Waals surface area contributed by atoms with Gasteiger partial charge in [-0.1, -0.05) is 162 Å². The summed E-state index contributed by atoms with van der Waals surface area (Å²) in [6.45, 7) is 21.3. The van der Waals surface area contributed by atoms with Crippen molar-refractivity contribution in [1.82, 2.24) is 0 Å². The Kier molecular flexibility index (Phi) is 16.4. The van der Waals surface area contributed by atoms with Crippen LogP contribution in [0.15, 0.2) is 154 Å². The van der Waals surface area contributed by atoms with Crippen LogP contribution in [0.4, 0.5) is 0 Å². The van der Waals surface area contributed by atoms with E-state index in [0.717, 1.165) is 12.8 Å². The summed E-state index contributed by atoms with van der Waals surface area (Å²) >= 11 is 0. The summed E-state index contributed by atoms with van der Waals surface area (Å²) in [6, 6.07) is 0. The van der Waals surface area contributed by atoms with E-state index in [1.54, 1.807) is 0 Å². The molecule has 0 heterocycles. The molecule has 1 rings (SSSR count). The van der Waals surface area contributed by atoms with Crippen LogP contribution in [0.2, 0.25) is 0 Å². The van der Waals surface area contributed by atoms with Gasteiger partial charge < -0.3 is 5.11 Å². The van der Waals surface area contributed by atoms with Gasteiger partial charge in [-0.05, 0) is 79.2 Å². The molecule has 1 heteroatoms. The van der Waals surface area contributed by atoms with Gasteiger partial charge in [0.05, 0.1) is 6.10 Å². The molecule has 0 amide bonds. The van der Waals surface area contributed by atoms with Crippen molar-refractivity contribution >= 4 is 0 Å². The molecule has 41 heavy (non-hydrogen) atoms. The molecule has 1 N–H and O–H groups in total. The van der Waals surface area contributed by atoms with Gasteiger partial charge >= 0.3 is 0 Å². The molecule has 1 nitrogen and oxygen atoms in total. The SMILES string of the molecule is CC(C)=CC=C/C(C)=C/C=C/C(C)=C/C=C/C(C)=C/C=C/C=C(C)/C=C/C=C(C)/C=C/C1=C(C)CC(O)CC1(C)C. The Morgan fingerprint density at radius 3 is 1.34 bits per heavy atom. The Labute approximate surface area is 252 Å². The fraction of sp³-hybridized carbons (Fsp3) is 0.350. The average molecular weight is 551 g/mol. The third kappa shape index (κ3) is 16.4. The fourth-order valence-corrected chi connectivity index (χ4v) is 4.53. The van der Waals surface area contributed by atoms with E-state index >= 15 is 0 Å². The topological polar surface area (TPSA) is 20.2 Å². The molecule has 0 aliphatic heterocycles. The number of aliphatic hydroxyl groups excluding tert-OH is 1. The number of rotatable bonds is 12. The maximum atomic E-state index is 10.1. The third-order valence-corrected chi connectivity index (χ3v) is 6.76. The van der Waals surface area contributed by atoms with Crippen LogP contribution in [0.5, 0.6) is 0 Å². The third-order valence-electron chi connectivity index (χ3n) is 6.76. The predicted molar refractivity (Wildman–Crippen MR) is 185 cm³/mol. The van der Waals surface area contributed by atoms with E-state index in [2.05, 4.69) is 179 Å². The summed E-state index contributed by atoms with van der Waals surface area (Å²) in [5.41, 5.74) is 9.97. The average Bonchev–Trinajstić information content (AvgIpc) is 2.85. The Balaban J connectivity index is 2.63. The van der Waals surface area contributed by atoms with Crippen LogP contribution in [0.3, 0.4) is 0 Å². The lowest BCUT2D eigenvalue weighted by Crippen LogP contribution is -2.28. The van der Waals surface area contributed by atoms with Crippen molar-refractivity contribution in [2.45, 2.75) is 88.2 Å². The Hall–Kier alpha value is -3.42. The van der Waals surface area contributed by atoms with Crippen LogP contribution in [-0.4, -0.2) is 11.2 Å². The van der Waals surface area contributed by atoms with Crippen molar-refractivity contribution in [3.63, 3.8) is 0 Å². The lowest BCUT2D eigenvalue weighted by Gasteiger charge is -2.35. The zero-order valence-electron chi connectivity index (χ0n) is 27.3. The van der Waals surface area contributed by atoms with E-state index < -0.39 is 0 Å². The molecule has 0 aromatic rings. The zero-order chi connectivity index (χ0) is 30.8. The van der Waals surface area contributed by atoms with Crippen LogP contribution in [0.25, 0.3) is 0 Å². The molecule has 0 bridgehead atoms. The molecular weight excluding hydrogens is 496 g/mol. The van der Waals surface area contributed by atoms with E-state index in [9.17, 15) is 5.11 Å². The Morgan fingerprint density at radius 1 is 0.585 bits per heavy atom. The highest BCUT2D eigenvalue weighted by Gasteiger charge is 2.31. The van der Waals surface area contributed by atoms with Crippen LogP contribution < -0.4 is 0 Å². The van der Waals surface area contributed by atoms with Crippen LogP contribution in [0, 0.1) is 5.41 Å². The lowest BCUT2D eigenvalue weighted by atomic mass is 9.71. The van der Waals surface area contributed by atoms with Gasteiger partial charge in [0.25, 0.3) is 0 Å². The number of aliphatic hydroxyl groups is 1. The van der Waals surface area contributed by atoms with Crippen LogP contribution in [0.1, 0.15) is 82.1 Å². The summed E-state index contributed by atoms with van der Waals surface area (Å²) in [5.74, 6) is 0. The molecule has 1 atom stereocenters. The molecule has 0 fully saturated rings. The molecule has 1 unspecified atom stereocenters. The van der Waals surface area contributed by atoms with Gasteiger partial charge in [-0.15, -0.1) is 0 Å². The summed E-state index contributed by atoms with van der Waals surface area (Å²) in [4.78, 5) is 0. The van der Waals surface area contributed by atoms with Crippen molar-refractivity contribution in [2.75, 3.05) is 0 Å². The maximum absolute atomic E-state index is 10.1. The van der Waals surface area contributed by atoms with Gasteiger partial charge in [0.1, 0.15) is 0 Å². The number of allylic oxidation sites excluding steroid dienone is 25. The first-order valence-electron chi connectivity index (χ1n) is 14.7. The highest BCUT2D eigenvalue weighted by Crippen LogP contribution is 2.41. The van der Waals surface area contributed by atoms with E-state index in [0.29, 0.717) is 0 Å². The van der Waals surface area contributed by atoms with Gasteiger partial charge in [-0.25, -0.2) is 0 Å². The smallest absolute Gasteiger partial charge is 0.0585 e. The van der Waals surface area contributed by atoms with E-state index in [-0.39, 0.29) is 11.5 Å². The summed E-state index contributed by atoms with van der Waals surface area (Å²) < 4.78 is 0. The highest BCUT2D eigenvalue weighted by molar-refractivity contribution is 5.38. The molecule has 0 radical (unpaired) electrons. The molecule has 1 aliphatic carbocycles. The highest BCUT2D eigenvalue weighted by atomic mass is 16.3. The molecule has 0 aromatic carbocycles. The second-order valence-corrected chi connectivity index (χ2v) is 12.1. The molecule has 0 saturated carbocycles. The second kappa shape index (κ2) is 18.8. The number of hydrogen-bond donors (Lipinski definition) is 1. The summed E-state index contributed by atoms with van der Waals surface area (Å²) in [5, 5.41) is 10.1. The van der Waals surface area contributed by atoms with Gasteiger partial charge in [0.2, 0.25) is 0 Å². The van der Waals surface area contributed by atoms with Gasteiger partial charge in [0, 0.05) is 0 Å². The summed E-state index contributed by atoms with van der Waals surface area (Å²) in [6.07, 6.45) is 39.5. The minimum atomic E-state index is -0.223. The molecule has 0 aromatic heterocycles. The predicted octanol–water partition coefficient (Wildman–Crippen LogP) is 11.5. The standard InChI is InChI=1S/C40H54O/c1-31(2)17-13-20-34(5)23-15-25-35(6)24-14-21-32(3)18-11-12-19-33(4)22-16-26-36(7)27-28-39-37(8)29-38(41)30-40(39,9)10/h11-28,38,41H,29-30H2,1-10H3/b12-11+,20-13?,21-14+,22-16+,25-15+,28-27+,32-18+,33-19+,34-23+,35-24+,36-26+. The van der Waals surface area contributed by atoms with Crippen molar-refractivity contribution in [3.8, 4) is 0 Å². The Morgan fingerprint density at radius 2 is 0.951 bits per heavy atom. The second-order valence-electron chi connectivity index (χ2n) is 12.1. The first-order chi connectivity index (χ1) is 19.3. The molecule has 0 spiro atoms. The quantitative estimate of drug-likeness (QED) is 0.240. The van der Waals surface area contributed by atoms with Crippen molar-refractivity contribution in [3.05, 3.63) is 154 Å². The Bertz CT molecular complexity index is 1260. The van der Waals surface area contributed by atoms with Crippen molar-refractivity contribution in [2.24, 2.45) is 5.41 Å². The zero-order valence-corrected chi connectivity index (χ0v) is 27.3. The fourth-order valence-electron chi connectivity index (χ4n) is 4.53. The largest absolute Gasteiger partial charge is 0.393 e. The van der Waals surface area contributed by atoms with E-state index in [4.69, 9.17) is 0 Å². The number of hydrogen-bond acceptors (Lipinski definition) is 1. The first kappa shape index (κ1) is 35.6. The van der Waals surface area contributed by atoms with Crippen molar-refractivity contribution < 1.29 is 5.11 Å². The van der Waals surface area contributed by atoms with Crippen molar-refractivity contribution in [1.29, 1.82) is 0 Å². The lowest BCUT2D eigenvalue weighted by molar-refractivity contribution is 0.116. The van der Waals surface area contributed by atoms with E-state index in [1.165, 1.54) is 44.6 Å². The minimum Gasteiger partial charge on any atom is -0.393 e. The van der Waals surface area contributed by atoms with Gasteiger partial charge in [-0.3, -0.25) is 0 Å². The molecular formula is C40H54O. The molecule has 1 aliphatic rings. The molecule has 220 valence electrons. The monoisotopic (exact) mass is 550 g/mol. The first-order valence-corrected chi connectivity index (χ1v) is 14.7. The maximum Gasteiger partial charge on any atom is 0.0585 e. The van der Waals surface area contributed by atoms with Crippen LogP contribution in [-0.2, 0) is 0 Å². The van der Waals surface area contributed by atoms with Gasteiger partial charge in [0.15, 0.2) is 0 Å². The normalized spacial score (nSPS) is 20.4. The van der Waals surface area contributed by atoms with Crippen LogP contribution >= 0.6 is 0 Å². The summed E-state index contributed by atoms with van der Waals surface area (Å²) in [7, 11) is 0. The molecule has 0 saturated heterocycles.